The van der Waals surface area contributed by atoms with Gasteiger partial charge in [-0.15, -0.1) is 10.2 Å². The van der Waals surface area contributed by atoms with Gasteiger partial charge in [-0.1, -0.05) is 13.8 Å². The molecule has 0 bridgehead atoms. The first-order valence-corrected chi connectivity index (χ1v) is 18.4. The number of hydrogen-bond donors (Lipinski definition) is 5. The van der Waals surface area contributed by atoms with Gasteiger partial charge < -0.3 is 30.7 Å². The molecule has 6 aromatic rings. The first kappa shape index (κ1) is 40.4. The van der Waals surface area contributed by atoms with Crippen LogP contribution in [0.15, 0.2) is 70.5 Å². The third kappa shape index (κ3) is 8.05. The number of nitrogens with zero attached hydrogens (tertiary/aromatic N) is 6. The molecule has 0 aliphatic rings. The number of fused-ring (bicyclic) bond motifs is 1. The van der Waals surface area contributed by atoms with Gasteiger partial charge in [0.05, 0.1) is 29.0 Å². The minimum absolute atomic E-state index is 0.0502. The van der Waals surface area contributed by atoms with Crippen molar-refractivity contribution in [1.82, 2.24) is 34.2 Å². The number of ether oxygens (including phenoxy) is 1. The summed E-state index contributed by atoms with van der Waals surface area (Å²) in [4.78, 5) is 56.4. The fourth-order valence-corrected chi connectivity index (χ4v) is 6.45. The molecule has 19 heteroatoms. The molecular weight excluding hydrogens is 861 g/mol. The number of aryl methyl sites for hydroxylation is 1. The van der Waals surface area contributed by atoms with E-state index in [9.17, 15) is 38.9 Å². The van der Waals surface area contributed by atoms with Gasteiger partial charge >= 0.3 is 5.97 Å². The Morgan fingerprint density at radius 3 is 2.37 bits per heavy atom. The number of aromatic nitrogens is 6. The number of hydrogen-bond acceptors (Lipinski definition) is 12. The lowest BCUT2D eigenvalue weighted by Gasteiger charge is -2.16. The van der Waals surface area contributed by atoms with E-state index in [2.05, 4.69) is 25.8 Å². The molecule has 3 aromatic carbocycles. The maximum Gasteiger partial charge on any atom is 0.338 e. The Morgan fingerprint density at radius 2 is 1.70 bits per heavy atom. The predicted molar refractivity (Wildman–Crippen MR) is 212 cm³/mol. The van der Waals surface area contributed by atoms with E-state index in [1.807, 2.05) is 36.4 Å². The van der Waals surface area contributed by atoms with Gasteiger partial charge in [0.1, 0.15) is 41.7 Å². The Labute approximate surface area is 335 Å². The SMILES string of the molecule is CCNC(=O)c1nnc(-c2cc(C(C)C)c(O)cc2O)n1-c1ccc(C(=O)OCC(O)Cn2cnc3c(c(Nc4ccc(I)cc4F)c(F)c(=O)n3C)c2=O)cc1. The van der Waals surface area contributed by atoms with E-state index in [0.29, 0.717) is 21.4 Å². The maximum atomic E-state index is 15.3. The summed E-state index contributed by atoms with van der Waals surface area (Å²) in [6, 6.07) is 12.6. The van der Waals surface area contributed by atoms with Crippen molar-refractivity contribution in [2.45, 2.75) is 39.3 Å². The summed E-state index contributed by atoms with van der Waals surface area (Å²) in [6.45, 7) is 4.69. The van der Waals surface area contributed by atoms with Crippen LogP contribution in [0.4, 0.5) is 20.2 Å². The van der Waals surface area contributed by atoms with Crippen molar-refractivity contribution in [1.29, 1.82) is 0 Å². The fourth-order valence-electron chi connectivity index (χ4n) is 5.99. The molecule has 57 heavy (non-hydrogen) atoms. The molecule has 0 saturated heterocycles. The lowest BCUT2D eigenvalue weighted by Crippen LogP contribution is -2.33. The van der Waals surface area contributed by atoms with Gasteiger partial charge in [-0.2, -0.15) is 4.39 Å². The number of amides is 1. The van der Waals surface area contributed by atoms with E-state index in [1.54, 1.807) is 19.1 Å². The van der Waals surface area contributed by atoms with Crippen molar-refractivity contribution in [3.05, 3.63) is 114 Å². The number of benzene rings is 3. The van der Waals surface area contributed by atoms with Crippen LogP contribution in [0.25, 0.3) is 28.1 Å². The van der Waals surface area contributed by atoms with Crippen molar-refractivity contribution in [3.63, 3.8) is 0 Å². The molecule has 0 aliphatic carbocycles. The number of phenolic OH excluding ortho intramolecular Hbond substituents is 2. The minimum Gasteiger partial charge on any atom is -0.508 e. The van der Waals surface area contributed by atoms with Crippen molar-refractivity contribution < 1.29 is 38.4 Å². The average molecular weight is 897 g/mol. The number of halogens is 3. The topological polar surface area (TPSA) is 216 Å². The molecule has 0 radical (unpaired) electrons. The van der Waals surface area contributed by atoms with Crippen LogP contribution in [0.2, 0.25) is 0 Å². The number of pyridine rings is 1. The van der Waals surface area contributed by atoms with E-state index in [0.717, 1.165) is 15.5 Å². The Bertz CT molecular complexity index is 2660. The molecule has 296 valence electrons. The van der Waals surface area contributed by atoms with Crippen LogP contribution < -0.4 is 21.8 Å². The molecule has 1 unspecified atom stereocenters. The van der Waals surface area contributed by atoms with Crippen molar-refractivity contribution >= 4 is 56.9 Å². The summed E-state index contributed by atoms with van der Waals surface area (Å²) in [5.41, 5.74) is -1.86. The maximum absolute atomic E-state index is 15.3. The number of aromatic hydroxyl groups is 2. The number of anilines is 2. The second kappa shape index (κ2) is 16.5. The highest BCUT2D eigenvalue weighted by Crippen LogP contribution is 2.38. The molecule has 0 saturated carbocycles. The summed E-state index contributed by atoms with van der Waals surface area (Å²) in [7, 11) is 1.22. The highest BCUT2D eigenvalue weighted by molar-refractivity contribution is 14.1. The van der Waals surface area contributed by atoms with Crippen LogP contribution in [0.1, 0.15) is 53.2 Å². The summed E-state index contributed by atoms with van der Waals surface area (Å²) in [5.74, 6) is -4.08. The number of rotatable bonds is 12. The number of aliphatic hydroxyl groups is 1. The summed E-state index contributed by atoms with van der Waals surface area (Å²) < 4.78 is 39.1. The number of nitrogens with one attached hydrogen (secondary N) is 2. The standard InChI is InChI=1S/C38H35F2IN8O8/c1-5-42-35(53)34-46-45-32(24-13-23(18(2)3)27(51)14-28(24)52)49(34)21-9-6-19(7-10-21)38(56)57-16-22(50)15-48-17-43-33-29(36(48)54)31(30(40)37(55)47(33)4)44-26-11-8-20(41)12-25(26)39/h6-14,17-18,22,44,50-52H,5,15-16H2,1-4H3,(H,42,53). The molecule has 5 N–H and O–H groups in total. The zero-order chi connectivity index (χ0) is 41.3. The summed E-state index contributed by atoms with van der Waals surface area (Å²) >= 11 is 1.89. The molecule has 3 heterocycles. The predicted octanol–water partition coefficient (Wildman–Crippen LogP) is 4.47. The van der Waals surface area contributed by atoms with Crippen molar-refractivity contribution in [2.24, 2.45) is 7.05 Å². The Hall–Kier alpha value is -6.22. The van der Waals surface area contributed by atoms with Gasteiger partial charge in [0.25, 0.3) is 17.0 Å². The Morgan fingerprint density at radius 1 is 0.982 bits per heavy atom. The van der Waals surface area contributed by atoms with Crippen LogP contribution in [0.5, 0.6) is 11.5 Å². The Balaban J connectivity index is 1.23. The highest BCUT2D eigenvalue weighted by atomic mass is 127. The molecule has 1 amide bonds. The van der Waals surface area contributed by atoms with Crippen LogP contribution >= 0.6 is 22.6 Å². The number of aliphatic hydroxyl groups excluding tert-OH is 1. The van der Waals surface area contributed by atoms with E-state index in [1.165, 1.54) is 54.1 Å². The first-order chi connectivity index (χ1) is 27.1. The van der Waals surface area contributed by atoms with Crippen LogP contribution in [0.3, 0.4) is 0 Å². The normalized spacial score (nSPS) is 11.9. The number of carbonyl (C=O) groups is 2. The summed E-state index contributed by atoms with van der Waals surface area (Å²) in [6.07, 6.45) is -0.419. The van der Waals surface area contributed by atoms with Crippen LogP contribution in [-0.2, 0) is 18.3 Å². The van der Waals surface area contributed by atoms with E-state index >= 15 is 4.39 Å². The first-order valence-electron chi connectivity index (χ1n) is 17.4. The van der Waals surface area contributed by atoms with Gasteiger partial charge in [0.15, 0.2) is 11.5 Å². The van der Waals surface area contributed by atoms with Crippen LogP contribution in [0, 0.1) is 15.2 Å². The van der Waals surface area contributed by atoms with E-state index in [4.69, 9.17) is 4.74 Å². The third-order valence-electron chi connectivity index (χ3n) is 8.87. The molecule has 3 aromatic heterocycles. The fraction of sp³-hybridized carbons (Fsp3) is 0.237. The molecular formula is C38H35F2IN8O8. The Kier molecular flexibility index (Phi) is 11.7. The van der Waals surface area contributed by atoms with Gasteiger partial charge in [-0.25, -0.2) is 14.2 Å². The lowest BCUT2D eigenvalue weighted by molar-refractivity contribution is 0.0214. The van der Waals surface area contributed by atoms with Crippen molar-refractivity contribution in [3.8, 4) is 28.6 Å². The monoisotopic (exact) mass is 896 g/mol. The molecule has 0 aliphatic heterocycles. The molecule has 1 atom stereocenters. The van der Waals surface area contributed by atoms with Crippen LogP contribution in [-0.4, -0.2) is 75.3 Å². The average Bonchev–Trinajstić information content (AvgIpc) is 3.61. The second-order valence-corrected chi connectivity index (χ2v) is 14.4. The van der Waals surface area contributed by atoms with Gasteiger partial charge in [-0.3, -0.25) is 28.1 Å². The minimum atomic E-state index is -1.46. The molecule has 0 fully saturated rings. The van der Waals surface area contributed by atoms with E-state index < -0.39 is 59.6 Å². The van der Waals surface area contributed by atoms with E-state index in [-0.39, 0.29) is 56.9 Å². The lowest BCUT2D eigenvalue weighted by atomic mass is 9.98. The van der Waals surface area contributed by atoms with Gasteiger partial charge in [-0.05, 0) is 89.5 Å². The number of phenols is 2. The largest absolute Gasteiger partial charge is 0.508 e. The number of carbonyl (C=O) groups excluding carboxylic acids is 2. The zero-order valence-corrected chi connectivity index (χ0v) is 32.9. The third-order valence-corrected chi connectivity index (χ3v) is 9.55. The molecule has 0 spiro atoms. The summed E-state index contributed by atoms with van der Waals surface area (Å²) in [5, 5.41) is 45.0. The van der Waals surface area contributed by atoms with Gasteiger partial charge in [0.2, 0.25) is 11.6 Å². The zero-order valence-electron chi connectivity index (χ0n) is 30.7. The second-order valence-electron chi connectivity index (χ2n) is 13.1. The highest BCUT2D eigenvalue weighted by Gasteiger charge is 2.26. The van der Waals surface area contributed by atoms with Gasteiger partial charge in [0, 0.05) is 28.9 Å². The quantitative estimate of drug-likeness (QED) is 0.0850. The smallest absolute Gasteiger partial charge is 0.338 e. The molecule has 16 nitrogen and oxygen atoms in total. The molecule has 6 rings (SSSR count). The van der Waals surface area contributed by atoms with Crippen molar-refractivity contribution in [2.75, 3.05) is 18.5 Å². The number of esters is 1.